The maximum absolute atomic E-state index is 10.8. The van der Waals surface area contributed by atoms with Crippen molar-refractivity contribution < 1.29 is 10.0 Å². The minimum Gasteiger partial charge on any atom is -0.411 e. The molecule has 0 saturated carbocycles. The molecule has 1 unspecified atom stereocenters. The second kappa shape index (κ2) is 3.87. The fourth-order valence-electron chi connectivity index (χ4n) is 0.822. The molecule has 3 N–H and O–H groups in total. The van der Waals surface area contributed by atoms with E-state index in [0.717, 1.165) is 11.1 Å². The zero-order valence-corrected chi connectivity index (χ0v) is 6.99. The molecule has 0 aliphatic rings. The number of amides is 1. The van der Waals surface area contributed by atoms with Gasteiger partial charge in [-0.1, -0.05) is 6.07 Å². The van der Waals surface area contributed by atoms with Gasteiger partial charge in [-0.3, -0.25) is 4.79 Å². The van der Waals surface area contributed by atoms with Gasteiger partial charge in [-0.15, -0.1) is 16.5 Å². The Morgan fingerprint density at radius 1 is 1.83 bits per heavy atom. The van der Waals surface area contributed by atoms with E-state index in [2.05, 4.69) is 5.16 Å². The molecule has 1 aromatic rings. The Morgan fingerprint density at radius 3 is 3.00 bits per heavy atom. The predicted octanol–water partition coefficient (Wildman–Crippen LogP) is 0.777. The van der Waals surface area contributed by atoms with Crippen molar-refractivity contribution in [3.8, 4) is 0 Å². The lowest BCUT2D eigenvalue weighted by Crippen LogP contribution is -2.21. The number of carbonyl (C=O) groups is 1. The van der Waals surface area contributed by atoms with Crippen molar-refractivity contribution in [3.63, 3.8) is 0 Å². The molecule has 0 bridgehead atoms. The van der Waals surface area contributed by atoms with E-state index < -0.39 is 11.8 Å². The van der Waals surface area contributed by atoms with Crippen LogP contribution in [0.4, 0.5) is 0 Å². The molecule has 12 heavy (non-hydrogen) atoms. The lowest BCUT2D eigenvalue weighted by Gasteiger charge is -2.02. The second-order valence-electron chi connectivity index (χ2n) is 2.16. The third-order valence-corrected chi connectivity index (χ3v) is 2.33. The summed E-state index contributed by atoms with van der Waals surface area (Å²) in [5.74, 6) is -1.13. The number of thiophene rings is 1. The smallest absolute Gasteiger partial charge is 0.231 e. The lowest BCUT2D eigenvalue weighted by atomic mass is 10.1. The van der Waals surface area contributed by atoms with Gasteiger partial charge in [0.2, 0.25) is 5.91 Å². The number of nitrogens with two attached hydrogens (primary N) is 1. The summed E-state index contributed by atoms with van der Waals surface area (Å²) < 4.78 is 0. The fraction of sp³-hybridized carbons (Fsp3) is 0.143. The van der Waals surface area contributed by atoms with E-state index in [1.807, 2.05) is 5.38 Å². The molecule has 1 atom stereocenters. The summed E-state index contributed by atoms with van der Waals surface area (Å²) in [4.78, 5) is 11.6. The molecule has 4 nitrogen and oxygen atoms in total. The molecule has 0 aliphatic carbocycles. The first-order valence-corrected chi connectivity index (χ1v) is 4.14. The van der Waals surface area contributed by atoms with Gasteiger partial charge in [-0.2, -0.15) is 0 Å². The van der Waals surface area contributed by atoms with Gasteiger partial charge < -0.3 is 10.9 Å². The van der Waals surface area contributed by atoms with Gasteiger partial charge in [-0.05, 0) is 11.4 Å². The molecular weight excluding hydrogens is 176 g/mol. The van der Waals surface area contributed by atoms with Crippen LogP contribution in [0, 0.1) is 0 Å². The first-order valence-electron chi connectivity index (χ1n) is 3.26. The number of hydrogen-bond donors (Lipinski definition) is 2. The molecule has 1 rings (SSSR count). The van der Waals surface area contributed by atoms with E-state index in [4.69, 9.17) is 10.9 Å². The molecule has 0 fully saturated rings. The zero-order chi connectivity index (χ0) is 8.97. The molecule has 0 aromatic carbocycles. The van der Waals surface area contributed by atoms with Gasteiger partial charge in [0.05, 0.1) is 6.21 Å². The number of nitrogens with zero attached hydrogens (tertiary/aromatic N) is 1. The maximum Gasteiger partial charge on any atom is 0.231 e. The average Bonchev–Trinajstić information content (AvgIpc) is 2.51. The average molecular weight is 184 g/mol. The van der Waals surface area contributed by atoms with Crippen LogP contribution in [0.2, 0.25) is 0 Å². The summed E-state index contributed by atoms with van der Waals surface area (Å²) in [6.07, 6.45) is 1.12. The van der Waals surface area contributed by atoms with Crippen molar-refractivity contribution in [3.05, 3.63) is 22.4 Å². The second-order valence-corrected chi connectivity index (χ2v) is 3.14. The summed E-state index contributed by atoms with van der Waals surface area (Å²) in [5.41, 5.74) is 5.08. The fourth-order valence-corrected chi connectivity index (χ4v) is 1.62. The van der Waals surface area contributed by atoms with Gasteiger partial charge in [0.25, 0.3) is 0 Å². The van der Waals surface area contributed by atoms with Gasteiger partial charge in [0.1, 0.15) is 5.92 Å². The number of carbonyl (C=O) groups excluding carboxylic acids is 1. The minimum absolute atomic E-state index is 0.518. The molecule has 64 valence electrons. The van der Waals surface area contributed by atoms with Gasteiger partial charge in [0, 0.05) is 4.88 Å². The molecule has 1 heterocycles. The SMILES string of the molecule is NC(=O)C(/C=N\O)c1cccs1. The molecule has 0 saturated heterocycles. The van der Waals surface area contributed by atoms with Crippen molar-refractivity contribution >= 4 is 23.5 Å². The van der Waals surface area contributed by atoms with E-state index >= 15 is 0 Å². The van der Waals surface area contributed by atoms with Gasteiger partial charge in [0.15, 0.2) is 0 Å². The summed E-state index contributed by atoms with van der Waals surface area (Å²) in [5, 5.41) is 12.9. The molecule has 0 radical (unpaired) electrons. The lowest BCUT2D eigenvalue weighted by molar-refractivity contribution is -0.117. The van der Waals surface area contributed by atoms with E-state index in [1.165, 1.54) is 11.3 Å². The van der Waals surface area contributed by atoms with Crippen molar-refractivity contribution in [1.82, 2.24) is 0 Å². The van der Waals surface area contributed by atoms with E-state index in [9.17, 15) is 4.79 Å². The van der Waals surface area contributed by atoms with E-state index in [-0.39, 0.29) is 0 Å². The molecule has 0 spiro atoms. The highest BCUT2D eigenvalue weighted by atomic mass is 32.1. The highest BCUT2D eigenvalue weighted by Gasteiger charge is 2.16. The number of primary amides is 1. The normalized spacial score (nSPS) is 13.3. The van der Waals surface area contributed by atoms with Crippen LogP contribution in [0.1, 0.15) is 10.8 Å². The maximum atomic E-state index is 10.8. The topological polar surface area (TPSA) is 75.7 Å². The van der Waals surface area contributed by atoms with Crippen LogP contribution in [0.3, 0.4) is 0 Å². The van der Waals surface area contributed by atoms with Crippen LogP contribution in [-0.4, -0.2) is 17.3 Å². The Morgan fingerprint density at radius 2 is 2.58 bits per heavy atom. The Labute approximate surface area is 73.3 Å². The minimum atomic E-state index is -0.616. The zero-order valence-electron chi connectivity index (χ0n) is 6.18. The molecule has 5 heteroatoms. The number of rotatable bonds is 3. The predicted molar refractivity (Wildman–Crippen MR) is 46.5 cm³/mol. The van der Waals surface area contributed by atoms with Crippen LogP contribution < -0.4 is 5.73 Å². The molecular formula is C7H8N2O2S. The first kappa shape index (κ1) is 8.73. The first-order chi connectivity index (χ1) is 5.75. The van der Waals surface area contributed by atoms with Crippen LogP contribution in [-0.2, 0) is 4.79 Å². The monoisotopic (exact) mass is 184 g/mol. The van der Waals surface area contributed by atoms with Crippen LogP contribution in [0.5, 0.6) is 0 Å². The molecule has 0 aliphatic heterocycles. The summed E-state index contributed by atoms with van der Waals surface area (Å²) in [6, 6.07) is 3.57. The Balaban J connectivity index is 2.88. The largest absolute Gasteiger partial charge is 0.411 e. The summed E-state index contributed by atoms with van der Waals surface area (Å²) >= 11 is 1.40. The van der Waals surface area contributed by atoms with Crippen molar-refractivity contribution in [1.29, 1.82) is 0 Å². The Hall–Kier alpha value is -1.36. The third kappa shape index (κ3) is 1.82. The van der Waals surface area contributed by atoms with Crippen molar-refractivity contribution in [2.75, 3.05) is 0 Å². The number of hydrogen-bond acceptors (Lipinski definition) is 4. The Kier molecular flexibility index (Phi) is 2.82. The Bertz CT molecular complexity index is 282. The van der Waals surface area contributed by atoms with Crippen molar-refractivity contribution in [2.24, 2.45) is 10.9 Å². The van der Waals surface area contributed by atoms with Gasteiger partial charge >= 0.3 is 0 Å². The summed E-state index contributed by atoms with van der Waals surface area (Å²) in [7, 11) is 0. The van der Waals surface area contributed by atoms with Crippen molar-refractivity contribution in [2.45, 2.75) is 5.92 Å². The van der Waals surface area contributed by atoms with Crippen LogP contribution in [0.25, 0.3) is 0 Å². The quantitative estimate of drug-likeness (QED) is 0.413. The van der Waals surface area contributed by atoms with Crippen LogP contribution in [0.15, 0.2) is 22.7 Å². The highest BCUT2D eigenvalue weighted by Crippen LogP contribution is 2.18. The third-order valence-electron chi connectivity index (χ3n) is 1.37. The van der Waals surface area contributed by atoms with Crippen LogP contribution >= 0.6 is 11.3 Å². The number of oxime groups is 1. The highest BCUT2D eigenvalue weighted by molar-refractivity contribution is 7.10. The van der Waals surface area contributed by atoms with E-state index in [1.54, 1.807) is 12.1 Å². The van der Waals surface area contributed by atoms with E-state index in [0.29, 0.717) is 0 Å². The summed E-state index contributed by atoms with van der Waals surface area (Å²) in [6.45, 7) is 0. The molecule has 1 amide bonds. The standard InChI is InChI=1S/C7H8N2O2S/c8-7(10)5(4-9-11)6-2-1-3-12-6/h1-5,11H,(H2,8,10)/b9-4-. The van der Waals surface area contributed by atoms with Gasteiger partial charge in [-0.25, -0.2) is 0 Å². The molecule has 1 aromatic heterocycles.